The normalized spacial score (nSPS) is 29.6. The summed E-state index contributed by atoms with van der Waals surface area (Å²) in [5, 5.41) is 0. The molecule has 0 aliphatic carbocycles. The van der Waals surface area contributed by atoms with Gasteiger partial charge in [-0.1, -0.05) is 24.1 Å². The number of fused-ring (bicyclic) bond motifs is 1. The van der Waals surface area contributed by atoms with E-state index in [4.69, 9.17) is 6.42 Å². The van der Waals surface area contributed by atoms with Crippen LogP contribution in [-0.4, -0.2) is 42.1 Å². The Morgan fingerprint density at radius 3 is 2.90 bits per heavy atom. The Morgan fingerprint density at radius 1 is 1.45 bits per heavy atom. The van der Waals surface area contributed by atoms with Crippen LogP contribution < -0.4 is 4.67 Å². The molecule has 0 spiro atoms. The van der Waals surface area contributed by atoms with Gasteiger partial charge < -0.3 is 0 Å². The molecule has 0 unspecified atom stereocenters. The Hall–Kier alpha value is -1.27. The number of terminal acetylenes is 1. The number of para-hydroxylation sites is 1. The van der Waals surface area contributed by atoms with Crippen molar-refractivity contribution >= 4 is 13.3 Å². The zero-order chi connectivity index (χ0) is 14.2. The maximum Gasteiger partial charge on any atom is 0.312 e. The molecule has 20 heavy (non-hydrogen) atoms. The predicted molar refractivity (Wildman–Crippen MR) is 82.6 cm³/mol. The Labute approximate surface area is 120 Å². The lowest BCUT2D eigenvalue weighted by atomic mass is 10.2. The number of hydrogen-bond acceptors (Lipinski definition) is 1. The van der Waals surface area contributed by atoms with Crippen LogP contribution in [0.2, 0.25) is 0 Å². The summed E-state index contributed by atoms with van der Waals surface area (Å²) in [4.78, 5) is 0. The molecule has 106 valence electrons. The van der Waals surface area contributed by atoms with Crippen molar-refractivity contribution in [1.29, 1.82) is 0 Å². The summed E-state index contributed by atoms with van der Waals surface area (Å²) in [5.41, 5.74) is 1.02. The molecule has 0 bridgehead atoms. The number of hydrogen-bond donors (Lipinski definition) is 0. The second kappa shape index (κ2) is 5.26. The van der Waals surface area contributed by atoms with Crippen LogP contribution in [-0.2, 0) is 4.57 Å². The molecule has 2 atom stereocenters. The fraction of sp³-hybridized carbons (Fsp3) is 0.467. The molecule has 0 amide bonds. The molecule has 0 aromatic heterocycles. The summed E-state index contributed by atoms with van der Waals surface area (Å²) in [6, 6.07) is 10.4. The molecule has 0 N–H and O–H groups in total. The molecule has 2 heterocycles. The highest BCUT2D eigenvalue weighted by atomic mass is 31.2. The fourth-order valence-corrected chi connectivity index (χ4v) is 6.41. The van der Waals surface area contributed by atoms with Gasteiger partial charge in [0.25, 0.3) is 0 Å². The van der Waals surface area contributed by atoms with Crippen molar-refractivity contribution in [3.05, 3.63) is 30.3 Å². The van der Waals surface area contributed by atoms with Crippen molar-refractivity contribution < 1.29 is 4.57 Å². The average molecular weight is 289 g/mol. The smallest absolute Gasteiger partial charge is 0.297 e. The van der Waals surface area contributed by atoms with Gasteiger partial charge in [-0.3, -0.25) is 9.24 Å². The highest BCUT2D eigenvalue weighted by Gasteiger charge is 2.52. The molecule has 1 aromatic carbocycles. The third-order valence-electron chi connectivity index (χ3n) is 4.20. The lowest BCUT2D eigenvalue weighted by Gasteiger charge is -2.36. The van der Waals surface area contributed by atoms with Crippen molar-refractivity contribution in [3.8, 4) is 12.3 Å². The zero-order valence-electron chi connectivity index (χ0n) is 11.8. The van der Waals surface area contributed by atoms with Gasteiger partial charge in [0, 0.05) is 24.8 Å². The first kappa shape index (κ1) is 13.7. The average Bonchev–Trinajstić information content (AvgIpc) is 3.03. The summed E-state index contributed by atoms with van der Waals surface area (Å²) in [5.74, 6) is 2.62. The van der Waals surface area contributed by atoms with Crippen LogP contribution in [0.5, 0.6) is 0 Å². The predicted octanol–water partition coefficient (Wildman–Crippen LogP) is 2.64. The Kier molecular flexibility index (Phi) is 3.60. The summed E-state index contributed by atoms with van der Waals surface area (Å²) in [6.45, 7) is 2.14. The third-order valence-corrected chi connectivity index (χ3v) is 7.45. The first-order valence-corrected chi connectivity index (χ1v) is 8.59. The number of benzene rings is 1. The van der Waals surface area contributed by atoms with E-state index in [1.165, 1.54) is 0 Å². The minimum atomic E-state index is -2.76. The first-order chi connectivity index (χ1) is 9.67. The maximum atomic E-state index is 13.7. The van der Waals surface area contributed by atoms with Gasteiger partial charge in [0.15, 0.2) is 0 Å². The molecule has 5 heteroatoms. The second-order valence-electron chi connectivity index (χ2n) is 5.41. The molecule has 0 radical (unpaired) electrons. The minimum Gasteiger partial charge on any atom is -0.297 e. The molecule has 2 aliphatic heterocycles. The van der Waals surface area contributed by atoms with E-state index in [1.807, 2.05) is 42.0 Å². The topological polar surface area (TPSA) is 26.8 Å². The van der Waals surface area contributed by atoms with Gasteiger partial charge in [0.2, 0.25) is 0 Å². The van der Waals surface area contributed by atoms with Gasteiger partial charge in [0.05, 0.1) is 6.54 Å². The van der Waals surface area contributed by atoms with Crippen LogP contribution >= 0.6 is 7.59 Å². The summed E-state index contributed by atoms with van der Waals surface area (Å²) >= 11 is 0. The lowest BCUT2D eigenvalue weighted by Crippen LogP contribution is -2.31. The van der Waals surface area contributed by atoms with Crippen molar-refractivity contribution in [2.24, 2.45) is 0 Å². The van der Waals surface area contributed by atoms with Crippen LogP contribution in [0.3, 0.4) is 0 Å². The largest absolute Gasteiger partial charge is 0.312 e. The quantitative estimate of drug-likeness (QED) is 0.631. The second-order valence-corrected chi connectivity index (χ2v) is 8.12. The molecule has 2 saturated heterocycles. The Morgan fingerprint density at radius 2 is 2.20 bits per heavy atom. The lowest BCUT2D eigenvalue weighted by molar-refractivity contribution is 0.388. The van der Waals surface area contributed by atoms with E-state index in [0.29, 0.717) is 12.6 Å². The Balaban J connectivity index is 2.01. The van der Waals surface area contributed by atoms with Gasteiger partial charge in [-0.15, -0.1) is 6.42 Å². The van der Waals surface area contributed by atoms with Crippen LogP contribution in [0.15, 0.2) is 30.3 Å². The van der Waals surface area contributed by atoms with Crippen molar-refractivity contribution in [3.63, 3.8) is 0 Å². The van der Waals surface area contributed by atoms with Crippen LogP contribution in [0, 0.1) is 12.3 Å². The van der Waals surface area contributed by atoms with Crippen molar-refractivity contribution in [1.82, 2.24) is 9.34 Å². The molecular formula is C15H20N3OP. The molecular weight excluding hydrogens is 269 g/mol. The number of nitrogens with zero attached hydrogens (tertiary/aromatic N) is 3. The van der Waals surface area contributed by atoms with Crippen LogP contribution in [0.1, 0.15) is 12.8 Å². The van der Waals surface area contributed by atoms with E-state index in [2.05, 4.69) is 15.3 Å². The molecule has 4 nitrogen and oxygen atoms in total. The molecule has 2 fully saturated rings. The highest BCUT2D eigenvalue weighted by molar-refractivity contribution is 7.61. The Bertz CT molecular complexity index is 568. The minimum absolute atomic E-state index is 0.390. The van der Waals surface area contributed by atoms with Gasteiger partial charge in [-0.2, -0.15) is 0 Å². The van der Waals surface area contributed by atoms with E-state index < -0.39 is 7.59 Å². The van der Waals surface area contributed by atoms with Crippen LogP contribution in [0.4, 0.5) is 5.69 Å². The highest BCUT2D eigenvalue weighted by Crippen LogP contribution is 2.64. The standard InChI is InChI=1S/C15H20N3OP/c1-3-11-16(2)20(19)17-12-7-10-15(17)13-18(20)14-8-5-4-6-9-14/h1,4-6,8-9,15H,7,10-13H2,2H3/t15-,20-/m0/s1. The molecule has 2 aliphatic rings. The number of rotatable bonds is 3. The van der Waals surface area contributed by atoms with Gasteiger partial charge in [-0.05, 0) is 32.0 Å². The van der Waals surface area contributed by atoms with Crippen LogP contribution in [0.25, 0.3) is 0 Å². The van der Waals surface area contributed by atoms with Crippen molar-refractivity contribution in [2.45, 2.75) is 18.9 Å². The molecule has 3 rings (SSSR count). The van der Waals surface area contributed by atoms with E-state index in [1.54, 1.807) is 0 Å². The van der Waals surface area contributed by atoms with E-state index >= 15 is 0 Å². The van der Waals surface area contributed by atoms with Crippen molar-refractivity contribution in [2.75, 3.05) is 31.4 Å². The SMILES string of the molecule is C#CCN(C)[P@@]1(=O)N(c2ccccc2)C[C@@H]2CCCN21. The summed E-state index contributed by atoms with van der Waals surface area (Å²) in [6.07, 6.45) is 7.68. The van der Waals surface area contributed by atoms with Gasteiger partial charge >= 0.3 is 7.59 Å². The van der Waals surface area contributed by atoms with Gasteiger partial charge in [-0.25, -0.2) is 9.34 Å². The van der Waals surface area contributed by atoms with E-state index in [-0.39, 0.29) is 0 Å². The summed E-state index contributed by atoms with van der Waals surface area (Å²) in [7, 11) is -0.884. The first-order valence-electron chi connectivity index (χ1n) is 7.03. The zero-order valence-corrected chi connectivity index (χ0v) is 12.7. The molecule has 1 aromatic rings. The van der Waals surface area contributed by atoms with E-state index in [0.717, 1.165) is 31.6 Å². The fourth-order valence-electron chi connectivity index (χ4n) is 3.25. The monoisotopic (exact) mass is 289 g/mol. The maximum absolute atomic E-state index is 13.7. The number of anilines is 1. The molecule has 0 saturated carbocycles. The van der Waals surface area contributed by atoms with E-state index in [9.17, 15) is 4.57 Å². The van der Waals surface area contributed by atoms with Gasteiger partial charge in [0.1, 0.15) is 0 Å². The third kappa shape index (κ3) is 1.98. The summed E-state index contributed by atoms with van der Waals surface area (Å²) < 4.78 is 19.8.